The van der Waals surface area contributed by atoms with Gasteiger partial charge in [-0.25, -0.2) is 0 Å². The molecule has 1 heterocycles. The molecule has 28 heavy (non-hydrogen) atoms. The number of Topliss-reactive ketones (excluding diaryl/α,β-unsaturated/α-hetero) is 1. The number of ketones is 1. The molecule has 5 heteroatoms. The zero-order valence-corrected chi connectivity index (χ0v) is 17.0. The number of aromatic nitrogens is 1. The molecule has 0 saturated carbocycles. The molecule has 0 aliphatic carbocycles. The Balaban J connectivity index is 1.88. The Morgan fingerprint density at radius 2 is 1.82 bits per heavy atom. The van der Waals surface area contributed by atoms with Gasteiger partial charge in [-0.05, 0) is 43.2 Å². The third-order valence-corrected chi connectivity index (χ3v) is 4.91. The Kier molecular flexibility index (Phi) is 5.54. The number of anilines is 1. The molecule has 1 amide bonds. The van der Waals surface area contributed by atoms with Gasteiger partial charge in [0.1, 0.15) is 12.3 Å². The zero-order valence-electron chi connectivity index (χ0n) is 17.0. The number of para-hydroxylation sites is 1. The summed E-state index contributed by atoms with van der Waals surface area (Å²) >= 11 is 0. The molecule has 146 valence electrons. The van der Waals surface area contributed by atoms with E-state index in [0.717, 1.165) is 33.5 Å². The van der Waals surface area contributed by atoms with Gasteiger partial charge in [0.2, 0.25) is 5.91 Å². The highest BCUT2D eigenvalue weighted by Crippen LogP contribution is 2.27. The average molecular weight is 378 g/mol. The van der Waals surface area contributed by atoms with E-state index in [9.17, 15) is 9.59 Å². The van der Waals surface area contributed by atoms with Crippen LogP contribution in [0.5, 0.6) is 5.75 Å². The van der Waals surface area contributed by atoms with Gasteiger partial charge in [-0.1, -0.05) is 32.0 Å². The number of aryl methyl sites for hydroxylation is 2. The van der Waals surface area contributed by atoms with E-state index in [1.165, 1.54) is 0 Å². The summed E-state index contributed by atoms with van der Waals surface area (Å²) in [6.45, 7) is 7.78. The fourth-order valence-electron chi connectivity index (χ4n) is 3.37. The first kappa shape index (κ1) is 19.7. The lowest BCUT2D eigenvalue weighted by molar-refractivity contribution is -0.116. The molecule has 2 aromatic carbocycles. The topological polar surface area (TPSA) is 60.3 Å². The number of amides is 1. The van der Waals surface area contributed by atoms with Gasteiger partial charge in [0, 0.05) is 34.3 Å². The summed E-state index contributed by atoms with van der Waals surface area (Å²) in [5.74, 6) is 0.635. The zero-order chi connectivity index (χ0) is 20.4. The normalized spacial score (nSPS) is 11.1. The van der Waals surface area contributed by atoms with Crippen LogP contribution in [0.3, 0.4) is 0 Å². The fourth-order valence-corrected chi connectivity index (χ4v) is 3.37. The molecule has 0 atom stereocenters. The van der Waals surface area contributed by atoms with Gasteiger partial charge in [0.25, 0.3) is 0 Å². The molecule has 3 rings (SSSR count). The van der Waals surface area contributed by atoms with Crippen LogP contribution in [0.2, 0.25) is 0 Å². The number of methoxy groups -OCH3 is 1. The van der Waals surface area contributed by atoms with Crippen molar-refractivity contribution in [2.75, 3.05) is 12.4 Å². The first-order valence-corrected chi connectivity index (χ1v) is 9.39. The number of nitrogens with one attached hydrogen (secondary N) is 1. The molecule has 0 aliphatic rings. The lowest BCUT2D eigenvalue weighted by Crippen LogP contribution is -2.19. The van der Waals surface area contributed by atoms with Crippen LogP contribution in [0, 0.1) is 19.8 Å². The van der Waals surface area contributed by atoms with E-state index < -0.39 is 0 Å². The minimum Gasteiger partial charge on any atom is -0.496 e. The molecule has 3 aromatic rings. The number of hydrogen-bond acceptors (Lipinski definition) is 3. The van der Waals surface area contributed by atoms with Gasteiger partial charge < -0.3 is 14.6 Å². The molecule has 1 aromatic heterocycles. The van der Waals surface area contributed by atoms with Crippen LogP contribution in [0.15, 0.2) is 42.6 Å². The molecule has 0 spiro atoms. The molecule has 0 fully saturated rings. The summed E-state index contributed by atoms with van der Waals surface area (Å²) < 4.78 is 7.16. The molecular weight excluding hydrogens is 352 g/mol. The number of rotatable bonds is 6. The quantitative estimate of drug-likeness (QED) is 0.630. The monoisotopic (exact) mass is 378 g/mol. The number of hydrogen-bond donors (Lipinski definition) is 1. The highest BCUT2D eigenvalue weighted by molar-refractivity contribution is 6.09. The minimum atomic E-state index is -0.142. The van der Waals surface area contributed by atoms with Crippen molar-refractivity contribution in [3.8, 4) is 5.75 Å². The van der Waals surface area contributed by atoms with Gasteiger partial charge in [0.05, 0.1) is 7.11 Å². The predicted octanol–water partition coefficient (Wildman–Crippen LogP) is 4.74. The molecule has 0 aliphatic heterocycles. The average Bonchev–Trinajstić information content (AvgIpc) is 3.02. The van der Waals surface area contributed by atoms with Crippen LogP contribution in [0.4, 0.5) is 5.69 Å². The van der Waals surface area contributed by atoms with E-state index in [1.54, 1.807) is 13.3 Å². The predicted molar refractivity (Wildman–Crippen MR) is 112 cm³/mol. The second kappa shape index (κ2) is 7.89. The third-order valence-electron chi connectivity index (χ3n) is 4.91. The number of carbonyl (C=O) groups excluding carboxylic acids is 2. The van der Waals surface area contributed by atoms with Crippen LogP contribution in [-0.4, -0.2) is 23.4 Å². The van der Waals surface area contributed by atoms with Crippen molar-refractivity contribution < 1.29 is 14.3 Å². The Morgan fingerprint density at radius 3 is 2.50 bits per heavy atom. The van der Waals surface area contributed by atoms with Crippen LogP contribution in [0.1, 0.15) is 35.3 Å². The highest BCUT2D eigenvalue weighted by atomic mass is 16.5. The molecule has 1 N–H and O–H groups in total. The van der Waals surface area contributed by atoms with Gasteiger partial charge >= 0.3 is 0 Å². The first-order valence-electron chi connectivity index (χ1n) is 9.39. The summed E-state index contributed by atoms with van der Waals surface area (Å²) in [6.07, 6.45) is 1.79. The molecule has 0 saturated heterocycles. The van der Waals surface area contributed by atoms with E-state index in [4.69, 9.17) is 4.74 Å². The lowest BCUT2D eigenvalue weighted by Gasteiger charge is -2.13. The van der Waals surface area contributed by atoms with Crippen molar-refractivity contribution in [2.45, 2.75) is 34.2 Å². The van der Waals surface area contributed by atoms with Gasteiger partial charge in [-0.15, -0.1) is 0 Å². The number of benzene rings is 2. The maximum Gasteiger partial charge on any atom is 0.244 e. The minimum absolute atomic E-state index is 0.0805. The molecule has 5 nitrogen and oxygen atoms in total. The number of ether oxygens (including phenoxy) is 1. The Bertz CT molecular complexity index is 1050. The van der Waals surface area contributed by atoms with Crippen molar-refractivity contribution in [2.24, 2.45) is 5.92 Å². The maximum absolute atomic E-state index is 12.7. The van der Waals surface area contributed by atoms with E-state index in [2.05, 4.69) is 5.32 Å². The summed E-state index contributed by atoms with van der Waals surface area (Å²) in [4.78, 5) is 25.3. The number of nitrogens with zero attached hydrogens (tertiary/aromatic N) is 1. The van der Waals surface area contributed by atoms with Crippen LogP contribution >= 0.6 is 0 Å². The second-order valence-corrected chi connectivity index (χ2v) is 7.39. The van der Waals surface area contributed by atoms with Crippen LogP contribution in [-0.2, 0) is 11.3 Å². The summed E-state index contributed by atoms with van der Waals surface area (Å²) in [5, 5.41) is 3.86. The smallest absolute Gasteiger partial charge is 0.244 e. The van der Waals surface area contributed by atoms with Crippen LogP contribution < -0.4 is 10.1 Å². The maximum atomic E-state index is 12.7. The van der Waals surface area contributed by atoms with Crippen molar-refractivity contribution >= 4 is 28.3 Å². The largest absolute Gasteiger partial charge is 0.496 e. The summed E-state index contributed by atoms with van der Waals surface area (Å²) in [5.41, 5.74) is 4.20. The second-order valence-electron chi connectivity index (χ2n) is 7.39. The number of fused-ring (bicyclic) bond motifs is 1. The standard InChI is InChI=1S/C23H26N2O3/c1-14(2)23(27)18-12-25(20-9-7-6-8-17(18)20)13-22(26)24-19-10-16(4)21(28-5)11-15(19)3/h6-12,14H,13H2,1-5H3,(H,24,26). The van der Waals surface area contributed by atoms with Crippen molar-refractivity contribution in [3.63, 3.8) is 0 Å². The lowest BCUT2D eigenvalue weighted by atomic mass is 10.0. The molecule has 0 unspecified atom stereocenters. The van der Waals surface area contributed by atoms with E-state index in [1.807, 2.05) is 68.7 Å². The van der Waals surface area contributed by atoms with Gasteiger partial charge in [-0.2, -0.15) is 0 Å². The highest BCUT2D eigenvalue weighted by Gasteiger charge is 2.18. The Morgan fingerprint density at radius 1 is 1.11 bits per heavy atom. The van der Waals surface area contributed by atoms with Crippen LogP contribution in [0.25, 0.3) is 10.9 Å². The van der Waals surface area contributed by atoms with Gasteiger partial charge in [-0.3, -0.25) is 9.59 Å². The van der Waals surface area contributed by atoms with E-state index >= 15 is 0 Å². The molecule has 0 bridgehead atoms. The number of carbonyl (C=O) groups is 2. The Hall–Kier alpha value is -3.08. The third kappa shape index (κ3) is 3.79. The Labute approximate surface area is 165 Å². The van der Waals surface area contributed by atoms with Crippen molar-refractivity contribution in [1.29, 1.82) is 0 Å². The van der Waals surface area contributed by atoms with Crippen molar-refractivity contribution in [1.82, 2.24) is 4.57 Å². The SMILES string of the molecule is COc1cc(C)c(NC(=O)Cn2cc(C(=O)C(C)C)c3ccccc32)cc1C. The van der Waals surface area contributed by atoms with Gasteiger partial charge in [0.15, 0.2) is 5.78 Å². The van der Waals surface area contributed by atoms with E-state index in [-0.39, 0.29) is 24.2 Å². The summed E-state index contributed by atoms with van der Waals surface area (Å²) in [6, 6.07) is 11.5. The van der Waals surface area contributed by atoms with Crippen molar-refractivity contribution in [3.05, 3.63) is 59.3 Å². The molecule has 0 radical (unpaired) electrons. The first-order chi connectivity index (χ1) is 13.3. The van der Waals surface area contributed by atoms with E-state index in [0.29, 0.717) is 5.56 Å². The summed E-state index contributed by atoms with van der Waals surface area (Å²) in [7, 11) is 1.63. The molecular formula is C23H26N2O3. The fraction of sp³-hybridized carbons (Fsp3) is 0.304.